The van der Waals surface area contributed by atoms with Crippen molar-refractivity contribution in [1.82, 2.24) is 10.2 Å². The van der Waals surface area contributed by atoms with E-state index in [1.807, 2.05) is 18.2 Å². The molecule has 3 rings (SSSR count). The number of ether oxygens (including phenoxy) is 2. The third-order valence-corrected chi connectivity index (χ3v) is 5.25. The van der Waals surface area contributed by atoms with Gasteiger partial charge in [0, 0.05) is 12.1 Å². The van der Waals surface area contributed by atoms with Gasteiger partial charge in [0.2, 0.25) is 5.13 Å². The van der Waals surface area contributed by atoms with Crippen molar-refractivity contribution in [2.45, 2.75) is 6.42 Å². The Morgan fingerprint density at radius 1 is 1.00 bits per heavy atom. The smallest absolute Gasteiger partial charge is 0.325 e. The van der Waals surface area contributed by atoms with Crippen LogP contribution in [0, 0.1) is 0 Å². The fourth-order valence-electron chi connectivity index (χ4n) is 2.37. The minimum atomic E-state index is -0.452. The van der Waals surface area contributed by atoms with Crippen LogP contribution in [-0.2, 0) is 6.42 Å². The average Bonchev–Trinajstić information content (AvgIpc) is 3.11. The Labute approximate surface area is 175 Å². The molecule has 0 aliphatic rings. The number of carbonyl (C=O) groups is 1. The van der Waals surface area contributed by atoms with E-state index < -0.39 is 6.03 Å². The molecule has 0 bridgehead atoms. The summed E-state index contributed by atoms with van der Waals surface area (Å²) in [6.45, 7) is 0. The van der Waals surface area contributed by atoms with Gasteiger partial charge in [0.05, 0.1) is 24.3 Å². The summed E-state index contributed by atoms with van der Waals surface area (Å²) in [5.41, 5.74) is 1.50. The number of rotatable bonds is 6. The van der Waals surface area contributed by atoms with Crippen LogP contribution in [0.1, 0.15) is 10.6 Å². The zero-order chi connectivity index (χ0) is 20.1. The standard InChI is InChI=1S/C18H16Cl2N4O3S/c1-26-14-6-3-10(7-15(14)27-2)8-16-23-24-18(28-16)22-17(25)21-11-4-5-12(19)13(20)9-11/h3-7,9H,8H2,1-2H3,(H2,21,22,24,25). The lowest BCUT2D eigenvalue weighted by Crippen LogP contribution is -2.19. The van der Waals surface area contributed by atoms with E-state index in [0.29, 0.717) is 38.8 Å². The van der Waals surface area contributed by atoms with Crippen molar-refractivity contribution in [3.8, 4) is 11.5 Å². The number of hydrogen-bond acceptors (Lipinski definition) is 6. The van der Waals surface area contributed by atoms with E-state index in [2.05, 4.69) is 20.8 Å². The predicted molar refractivity (Wildman–Crippen MR) is 111 cm³/mol. The van der Waals surface area contributed by atoms with E-state index in [-0.39, 0.29) is 0 Å². The zero-order valence-corrected chi connectivity index (χ0v) is 17.3. The number of hydrogen-bond donors (Lipinski definition) is 2. The third-order valence-electron chi connectivity index (χ3n) is 3.67. The van der Waals surface area contributed by atoms with Crippen LogP contribution in [0.5, 0.6) is 11.5 Å². The normalized spacial score (nSPS) is 10.4. The molecule has 146 valence electrons. The summed E-state index contributed by atoms with van der Waals surface area (Å²) < 4.78 is 10.5. The second kappa shape index (κ2) is 9.09. The Bertz CT molecular complexity index is 997. The zero-order valence-electron chi connectivity index (χ0n) is 15.0. The number of benzene rings is 2. The number of methoxy groups -OCH3 is 2. The van der Waals surface area contributed by atoms with Gasteiger partial charge in [-0.15, -0.1) is 10.2 Å². The van der Waals surface area contributed by atoms with Crippen LogP contribution in [0.2, 0.25) is 10.0 Å². The number of anilines is 2. The summed E-state index contributed by atoms with van der Waals surface area (Å²) >= 11 is 13.1. The van der Waals surface area contributed by atoms with Crippen molar-refractivity contribution in [3.63, 3.8) is 0 Å². The molecule has 2 amide bonds. The first-order valence-corrected chi connectivity index (χ1v) is 9.62. The molecule has 10 heteroatoms. The van der Waals surface area contributed by atoms with Gasteiger partial charge in [0.1, 0.15) is 5.01 Å². The molecule has 0 saturated heterocycles. The third kappa shape index (κ3) is 5.03. The highest BCUT2D eigenvalue weighted by Crippen LogP contribution is 2.29. The van der Waals surface area contributed by atoms with Gasteiger partial charge < -0.3 is 14.8 Å². The van der Waals surface area contributed by atoms with Crippen molar-refractivity contribution in [2.24, 2.45) is 0 Å². The van der Waals surface area contributed by atoms with E-state index >= 15 is 0 Å². The lowest BCUT2D eigenvalue weighted by molar-refractivity contribution is 0.262. The summed E-state index contributed by atoms with van der Waals surface area (Å²) in [6, 6.07) is 10.00. The molecule has 0 saturated carbocycles. The van der Waals surface area contributed by atoms with Crippen LogP contribution in [-0.4, -0.2) is 30.4 Å². The largest absolute Gasteiger partial charge is 0.493 e. The molecule has 1 heterocycles. The van der Waals surface area contributed by atoms with Crippen molar-refractivity contribution in [2.75, 3.05) is 24.9 Å². The van der Waals surface area contributed by atoms with Crippen LogP contribution in [0.25, 0.3) is 0 Å². The molecule has 3 aromatic rings. The Morgan fingerprint density at radius 2 is 1.79 bits per heavy atom. The minimum Gasteiger partial charge on any atom is -0.493 e. The first kappa shape index (κ1) is 20.2. The lowest BCUT2D eigenvalue weighted by atomic mass is 10.1. The minimum absolute atomic E-state index is 0.354. The fraction of sp³-hybridized carbons (Fsp3) is 0.167. The summed E-state index contributed by atoms with van der Waals surface area (Å²) in [6.07, 6.45) is 0.550. The molecule has 0 atom stereocenters. The second-order valence-corrected chi connectivity index (χ2v) is 7.45. The van der Waals surface area contributed by atoms with Crippen molar-refractivity contribution in [1.29, 1.82) is 0 Å². The van der Waals surface area contributed by atoms with E-state index in [1.54, 1.807) is 32.4 Å². The van der Waals surface area contributed by atoms with Crippen molar-refractivity contribution in [3.05, 3.63) is 57.0 Å². The highest BCUT2D eigenvalue weighted by Gasteiger charge is 2.11. The van der Waals surface area contributed by atoms with Crippen LogP contribution >= 0.6 is 34.5 Å². The maximum absolute atomic E-state index is 12.1. The van der Waals surface area contributed by atoms with Crippen molar-refractivity contribution < 1.29 is 14.3 Å². The van der Waals surface area contributed by atoms with Crippen molar-refractivity contribution >= 4 is 51.4 Å². The number of nitrogens with one attached hydrogen (secondary N) is 2. The molecule has 0 aliphatic heterocycles. The van der Waals surface area contributed by atoms with Gasteiger partial charge in [-0.25, -0.2) is 4.79 Å². The number of carbonyl (C=O) groups excluding carboxylic acids is 1. The maximum atomic E-state index is 12.1. The first-order valence-electron chi connectivity index (χ1n) is 8.05. The molecule has 0 aliphatic carbocycles. The number of nitrogens with zero attached hydrogens (tertiary/aromatic N) is 2. The van der Waals surface area contributed by atoms with Gasteiger partial charge in [0.15, 0.2) is 11.5 Å². The molecule has 0 unspecified atom stereocenters. The van der Waals surface area contributed by atoms with Gasteiger partial charge in [-0.3, -0.25) is 5.32 Å². The highest BCUT2D eigenvalue weighted by molar-refractivity contribution is 7.15. The fourth-order valence-corrected chi connectivity index (χ4v) is 3.44. The molecular formula is C18H16Cl2N4O3S. The first-order chi connectivity index (χ1) is 13.5. The number of aromatic nitrogens is 2. The van der Waals surface area contributed by atoms with Gasteiger partial charge in [0.25, 0.3) is 0 Å². The molecule has 0 radical (unpaired) electrons. The summed E-state index contributed by atoms with van der Waals surface area (Å²) in [5, 5.41) is 15.3. The van der Waals surface area contributed by atoms with Gasteiger partial charge in [-0.2, -0.15) is 0 Å². The van der Waals surface area contributed by atoms with E-state index in [4.69, 9.17) is 32.7 Å². The van der Waals surface area contributed by atoms with Crippen LogP contribution in [0.4, 0.5) is 15.6 Å². The second-order valence-electron chi connectivity index (χ2n) is 5.58. The van der Waals surface area contributed by atoms with Gasteiger partial charge >= 0.3 is 6.03 Å². The Balaban J connectivity index is 1.62. The summed E-state index contributed by atoms with van der Waals surface area (Å²) in [5.74, 6) is 1.30. The van der Waals surface area contributed by atoms with E-state index in [1.165, 1.54) is 11.3 Å². The number of halogens is 2. The topological polar surface area (TPSA) is 85.4 Å². The predicted octanol–water partition coefficient (Wildman–Crippen LogP) is 5.10. The Kier molecular flexibility index (Phi) is 6.56. The molecule has 0 fully saturated rings. The highest BCUT2D eigenvalue weighted by atomic mass is 35.5. The molecule has 2 aromatic carbocycles. The Morgan fingerprint density at radius 3 is 2.50 bits per heavy atom. The average molecular weight is 439 g/mol. The monoisotopic (exact) mass is 438 g/mol. The molecule has 7 nitrogen and oxygen atoms in total. The summed E-state index contributed by atoms with van der Waals surface area (Å²) in [4.78, 5) is 12.1. The van der Waals surface area contributed by atoms with Crippen LogP contribution < -0.4 is 20.1 Å². The maximum Gasteiger partial charge on any atom is 0.325 e. The van der Waals surface area contributed by atoms with E-state index in [9.17, 15) is 4.79 Å². The molecule has 28 heavy (non-hydrogen) atoms. The molecule has 0 spiro atoms. The summed E-state index contributed by atoms with van der Waals surface area (Å²) in [7, 11) is 3.17. The van der Waals surface area contributed by atoms with Gasteiger partial charge in [-0.05, 0) is 35.9 Å². The quantitative estimate of drug-likeness (QED) is 0.559. The van der Waals surface area contributed by atoms with Crippen LogP contribution in [0.15, 0.2) is 36.4 Å². The number of urea groups is 1. The lowest BCUT2D eigenvalue weighted by Gasteiger charge is -2.08. The molecule has 1 aromatic heterocycles. The van der Waals surface area contributed by atoms with Gasteiger partial charge in [-0.1, -0.05) is 40.6 Å². The molecule has 2 N–H and O–H groups in total. The Hall–Kier alpha value is -2.55. The number of amides is 2. The SMILES string of the molecule is COc1ccc(Cc2nnc(NC(=O)Nc3ccc(Cl)c(Cl)c3)s2)cc1OC. The van der Waals surface area contributed by atoms with Crippen LogP contribution in [0.3, 0.4) is 0 Å². The molecular weight excluding hydrogens is 423 g/mol. The van der Waals surface area contributed by atoms with E-state index in [0.717, 1.165) is 10.6 Å².